The van der Waals surface area contributed by atoms with Gasteiger partial charge in [0.2, 0.25) is 0 Å². The van der Waals surface area contributed by atoms with E-state index in [0.29, 0.717) is 22.9 Å². The number of aliphatic hydroxyl groups excluding tert-OH is 1. The highest BCUT2D eigenvalue weighted by atomic mass is 79.9. The lowest BCUT2D eigenvalue weighted by molar-refractivity contribution is 0.0968. The van der Waals surface area contributed by atoms with Gasteiger partial charge in [0.1, 0.15) is 0 Å². The Morgan fingerprint density at radius 3 is 3.00 bits per heavy atom. The number of likely N-dealkylation sites (tertiary alicyclic amines) is 1. The fourth-order valence-electron chi connectivity index (χ4n) is 2.64. The number of carbonyl (C=O) groups is 1. The van der Waals surface area contributed by atoms with Crippen molar-refractivity contribution < 1.29 is 9.90 Å². The summed E-state index contributed by atoms with van der Waals surface area (Å²) in [5, 5.41) is 9.45. The van der Waals surface area contributed by atoms with Crippen LogP contribution in [0, 0.1) is 5.92 Å². The predicted octanol–water partition coefficient (Wildman–Crippen LogP) is 3.38. The molecule has 1 fully saturated rings. The van der Waals surface area contributed by atoms with E-state index in [2.05, 4.69) is 20.8 Å². The number of Topliss-reactive ketones (excluding diaryl/α,β-unsaturated/α-hetero) is 1. The second kappa shape index (κ2) is 7.55. The first-order valence-electron chi connectivity index (χ1n) is 6.91. The van der Waals surface area contributed by atoms with Gasteiger partial charge in [-0.3, -0.25) is 4.79 Å². The number of nitrogens with zero attached hydrogens (tertiary/aromatic N) is 1. The summed E-state index contributed by atoms with van der Waals surface area (Å²) in [4.78, 5) is 14.5. The number of ketones is 1. The lowest BCUT2D eigenvalue weighted by atomic mass is 10.1. The minimum absolute atomic E-state index is 0.0908. The highest BCUT2D eigenvalue weighted by Crippen LogP contribution is 2.23. The monoisotopic (exact) mass is 359 g/mol. The number of halogens is 2. The topological polar surface area (TPSA) is 40.5 Å². The van der Waals surface area contributed by atoms with Gasteiger partial charge in [-0.05, 0) is 43.5 Å². The molecule has 0 amide bonds. The fourth-order valence-corrected chi connectivity index (χ4v) is 3.42. The summed E-state index contributed by atoms with van der Waals surface area (Å²) in [5.74, 6) is 0.666. The summed E-state index contributed by atoms with van der Waals surface area (Å²) in [5.41, 5.74) is 0.598. The van der Waals surface area contributed by atoms with Crippen molar-refractivity contribution in [2.45, 2.75) is 19.3 Å². The standard InChI is InChI=1S/C15H19BrClNO2/c16-12-1-2-13(14(17)9-12)15(20)4-7-18-6-3-11(10-18)5-8-19/h1-2,9,11,19H,3-8,10H2. The minimum atomic E-state index is 0.0908. The molecular formula is C15H19BrClNO2. The van der Waals surface area contributed by atoms with Gasteiger partial charge in [-0.2, -0.15) is 0 Å². The lowest BCUT2D eigenvalue weighted by Gasteiger charge is -2.15. The number of hydrogen-bond donors (Lipinski definition) is 1. The van der Waals surface area contributed by atoms with Crippen molar-refractivity contribution in [2.24, 2.45) is 5.92 Å². The van der Waals surface area contributed by atoms with Crippen LogP contribution in [0.3, 0.4) is 0 Å². The Morgan fingerprint density at radius 1 is 1.50 bits per heavy atom. The number of rotatable bonds is 6. The van der Waals surface area contributed by atoms with Crippen LogP contribution in [0.4, 0.5) is 0 Å². The molecule has 1 saturated heterocycles. The zero-order valence-electron chi connectivity index (χ0n) is 11.3. The van der Waals surface area contributed by atoms with Gasteiger partial charge in [-0.1, -0.05) is 27.5 Å². The van der Waals surface area contributed by atoms with Gasteiger partial charge in [0.15, 0.2) is 5.78 Å². The first-order chi connectivity index (χ1) is 9.60. The van der Waals surface area contributed by atoms with Crippen molar-refractivity contribution in [3.8, 4) is 0 Å². The Bertz CT molecular complexity index is 481. The second-order valence-electron chi connectivity index (χ2n) is 5.26. The Hall–Kier alpha value is -0.420. The van der Waals surface area contributed by atoms with Gasteiger partial charge in [-0.15, -0.1) is 0 Å². The number of carbonyl (C=O) groups excluding carboxylic acids is 1. The SMILES string of the molecule is O=C(CCN1CCC(CCO)C1)c1ccc(Br)cc1Cl. The first kappa shape index (κ1) is 16.0. The van der Waals surface area contributed by atoms with Crippen molar-refractivity contribution in [1.82, 2.24) is 4.90 Å². The Kier molecular flexibility index (Phi) is 6.02. The summed E-state index contributed by atoms with van der Waals surface area (Å²) < 4.78 is 0.880. The first-order valence-corrected chi connectivity index (χ1v) is 8.08. The van der Waals surface area contributed by atoms with Crippen LogP contribution in [-0.2, 0) is 0 Å². The molecular weight excluding hydrogens is 342 g/mol. The highest BCUT2D eigenvalue weighted by molar-refractivity contribution is 9.10. The predicted molar refractivity (Wildman–Crippen MR) is 84.3 cm³/mol. The van der Waals surface area contributed by atoms with E-state index < -0.39 is 0 Å². The van der Waals surface area contributed by atoms with Crippen LogP contribution in [0.15, 0.2) is 22.7 Å². The van der Waals surface area contributed by atoms with E-state index in [1.54, 1.807) is 12.1 Å². The van der Waals surface area contributed by atoms with Gasteiger partial charge in [-0.25, -0.2) is 0 Å². The molecule has 110 valence electrons. The van der Waals surface area contributed by atoms with E-state index in [4.69, 9.17) is 16.7 Å². The van der Waals surface area contributed by atoms with Crippen molar-refractivity contribution >= 4 is 33.3 Å². The van der Waals surface area contributed by atoms with E-state index in [0.717, 1.165) is 36.9 Å². The van der Waals surface area contributed by atoms with Crippen LogP contribution in [0.2, 0.25) is 5.02 Å². The molecule has 1 atom stereocenters. The molecule has 1 aliphatic rings. The molecule has 1 aliphatic heterocycles. The third kappa shape index (κ3) is 4.29. The lowest BCUT2D eigenvalue weighted by Crippen LogP contribution is -2.24. The van der Waals surface area contributed by atoms with E-state index in [1.807, 2.05) is 6.07 Å². The zero-order valence-corrected chi connectivity index (χ0v) is 13.7. The van der Waals surface area contributed by atoms with E-state index in [-0.39, 0.29) is 12.4 Å². The number of aliphatic hydroxyl groups is 1. The van der Waals surface area contributed by atoms with Crippen molar-refractivity contribution in [3.05, 3.63) is 33.3 Å². The molecule has 0 aromatic heterocycles. The third-order valence-electron chi connectivity index (χ3n) is 3.79. The molecule has 20 heavy (non-hydrogen) atoms. The molecule has 0 aliphatic carbocycles. The minimum Gasteiger partial charge on any atom is -0.396 e. The maximum Gasteiger partial charge on any atom is 0.165 e. The average molecular weight is 361 g/mol. The van der Waals surface area contributed by atoms with E-state index >= 15 is 0 Å². The molecule has 0 bridgehead atoms. The van der Waals surface area contributed by atoms with Gasteiger partial charge in [0.05, 0.1) is 5.02 Å². The molecule has 0 spiro atoms. The van der Waals surface area contributed by atoms with Crippen LogP contribution >= 0.6 is 27.5 Å². The van der Waals surface area contributed by atoms with Gasteiger partial charge >= 0.3 is 0 Å². The van der Waals surface area contributed by atoms with Crippen LogP contribution in [0.25, 0.3) is 0 Å². The zero-order chi connectivity index (χ0) is 14.5. The molecule has 0 radical (unpaired) electrons. The molecule has 0 saturated carbocycles. The maximum absolute atomic E-state index is 12.2. The molecule has 1 aromatic carbocycles. The molecule has 1 aromatic rings. The summed E-state index contributed by atoms with van der Waals surface area (Å²) in [6.45, 7) is 3.03. The third-order valence-corrected chi connectivity index (χ3v) is 4.60. The molecule has 1 N–H and O–H groups in total. The summed E-state index contributed by atoms with van der Waals surface area (Å²) in [7, 11) is 0. The van der Waals surface area contributed by atoms with E-state index in [9.17, 15) is 4.79 Å². The normalized spacial score (nSPS) is 19.4. The molecule has 5 heteroatoms. The Balaban J connectivity index is 1.84. The molecule has 1 unspecified atom stereocenters. The Morgan fingerprint density at radius 2 is 2.30 bits per heavy atom. The van der Waals surface area contributed by atoms with Crippen molar-refractivity contribution in [3.63, 3.8) is 0 Å². The smallest absolute Gasteiger partial charge is 0.165 e. The number of hydrogen-bond acceptors (Lipinski definition) is 3. The molecule has 2 rings (SSSR count). The molecule has 3 nitrogen and oxygen atoms in total. The fraction of sp³-hybridized carbons (Fsp3) is 0.533. The Labute approximate surface area is 133 Å². The summed E-state index contributed by atoms with van der Waals surface area (Å²) >= 11 is 9.43. The quantitative estimate of drug-likeness (QED) is 0.791. The molecule has 1 heterocycles. The maximum atomic E-state index is 12.2. The van der Waals surface area contributed by atoms with Crippen molar-refractivity contribution in [2.75, 3.05) is 26.2 Å². The van der Waals surface area contributed by atoms with Crippen LogP contribution in [0.5, 0.6) is 0 Å². The van der Waals surface area contributed by atoms with Gasteiger partial charge in [0.25, 0.3) is 0 Å². The average Bonchev–Trinajstić information content (AvgIpc) is 2.84. The summed E-state index contributed by atoms with van der Waals surface area (Å²) in [6, 6.07) is 5.36. The van der Waals surface area contributed by atoms with Crippen LogP contribution in [-0.4, -0.2) is 42.0 Å². The van der Waals surface area contributed by atoms with Crippen LogP contribution < -0.4 is 0 Å². The van der Waals surface area contributed by atoms with Gasteiger partial charge < -0.3 is 10.0 Å². The highest BCUT2D eigenvalue weighted by Gasteiger charge is 2.22. The van der Waals surface area contributed by atoms with Gasteiger partial charge in [0, 0.05) is 36.2 Å². The second-order valence-corrected chi connectivity index (χ2v) is 6.59. The van der Waals surface area contributed by atoms with E-state index in [1.165, 1.54) is 0 Å². The van der Waals surface area contributed by atoms with Crippen molar-refractivity contribution in [1.29, 1.82) is 0 Å². The number of benzene rings is 1. The van der Waals surface area contributed by atoms with Crippen LogP contribution in [0.1, 0.15) is 29.6 Å². The summed E-state index contributed by atoms with van der Waals surface area (Å²) in [6.07, 6.45) is 2.48. The largest absolute Gasteiger partial charge is 0.396 e.